The summed E-state index contributed by atoms with van der Waals surface area (Å²) in [4.78, 5) is 0. The highest BCUT2D eigenvalue weighted by Crippen LogP contribution is 2.00. The molecule has 2 rings (SSSR count). The minimum absolute atomic E-state index is 1.01. The van der Waals surface area contributed by atoms with Crippen LogP contribution in [-0.4, -0.2) is 9.78 Å². The largest absolute Gasteiger partial charge is 0.240 e. The van der Waals surface area contributed by atoms with Crippen molar-refractivity contribution >= 4 is 0 Å². The molecule has 0 fully saturated rings. The SMILES string of the molecule is c1ccc(-n2cccn2)cc#1. The van der Waals surface area contributed by atoms with E-state index in [2.05, 4.69) is 17.2 Å². The molecule has 0 saturated carbocycles. The van der Waals surface area contributed by atoms with Crippen molar-refractivity contribution in [3.8, 4) is 5.69 Å². The number of hydrogen-bond acceptors (Lipinski definition) is 1. The molecule has 2 nitrogen and oxygen atoms in total. The highest BCUT2D eigenvalue weighted by molar-refractivity contribution is 5.26. The third-order valence-corrected chi connectivity index (χ3v) is 1.41. The van der Waals surface area contributed by atoms with Crippen molar-refractivity contribution in [1.82, 2.24) is 9.78 Å². The van der Waals surface area contributed by atoms with Gasteiger partial charge in [0.1, 0.15) is 0 Å². The third kappa shape index (κ3) is 1.08. The zero-order valence-electron chi connectivity index (χ0n) is 5.86. The van der Waals surface area contributed by atoms with Gasteiger partial charge in [-0.25, -0.2) is 4.68 Å². The van der Waals surface area contributed by atoms with E-state index in [0.29, 0.717) is 0 Å². The van der Waals surface area contributed by atoms with Gasteiger partial charge in [0.2, 0.25) is 0 Å². The zero-order chi connectivity index (χ0) is 7.52. The lowest BCUT2D eigenvalue weighted by atomic mass is 10.4. The van der Waals surface area contributed by atoms with Gasteiger partial charge in [0.15, 0.2) is 0 Å². The van der Waals surface area contributed by atoms with Gasteiger partial charge in [-0.3, -0.25) is 0 Å². The monoisotopic (exact) mass is 142 g/mol. The van der Waals surface area contributed by atoms with Gasteiger partial charge in [-0.05, 0) is 18.2 Å². The van der Waals surface area contributed by atoms with Crippen LogP contribution in [0, 0.1) is 12.1 Å². The topological polar surface area (TPSA) is 17.8 Å². The minimum Gasteiger partial charge on any atom is -0.240 e. The summed E-state index contributed by atoms with van der Waals surface area (Å²) in [6.45, 7) is 0. The van der Waals surface area contributed by atoms with Crippen molar-refractivity contribution < 1.29 is 0 Å². The van der Waals surface area contributed by atoms with E-state index in [1.54, 1.807) is 10.9 Å². The summed E-state index contributed by atoms with van der Waals surface area (Å²) in [5, 5.41) is 4.07. The molecule has 0 spiro atoms. The highest BCUT2D eigenvalue weighted by Gasteiger charge is 1.90. The first-order chi connectivity index (χ1) is 5.47. The smallest absolute Gasteiger partial charge is 0.0735 e. The fourth-order valence-electron chi connectivity index (χ4n) is 0.903. The standard InChI is InChI=1S/C9H6N2/c1-2-5-9(6-3-1)11-8-4-7-10-11/h2,4-8H. The van der Waals surface area contributed by atoms with E-state index in [0.717, 1.165) is 5.69 Å². The van der Waals surface area contributed by atoms with Gasteiger partial charge in [-0.2, -0.15) is 5.10 Å². The van der Waals surface area contributed by atoms with E-state index >= 15 is 0 Å². The van der Waals surface area contributed by atoms with E-state index in [4.69, 9.17) is 0 Å². The molecule has 2 aromatic rings. The molecule has 0 atom stereocenters. The van der Waals surface area contributed by atoms with Crippen molar-refractivity contribution in [1.29, 1.82) is 0 Å². The van der Waals surface area contributed by atoms with E-state index in [1.807, 2.05) is 30.5 Å². The molecular formula is C9H6N2. The predicted molar refractivity (Wildman–Crippen MR) is 41.2 cm³/mol. The van der Waals surface area contributed by atoms with Gasteiger partial charge >= 0.3 is 0 Å². The number of hydrogen-bond donors (Lipinski definition) is 0. The predicted octanol–water partition coefficient (Wildman–Crippen LogP) is 1.47. The van der Waals surface area contributed by atoms with E-state index in [-0.39, 0.29) is 0 Å². The Morgan fingerprint density at radius 3 is 3.00 bits per heavy atom. The molecule has 0 radical (unpaired) electrons. The Hall–Kier alpha value is -1.75. The molecule has 0 aliphatic carbocycles. The molecule has 1 heterocycles. The lowest BCUT2D eigenvalue weighted by Crippen LogP contribution is -1.91. The van der Waals surface area contributed by atoms with Gasteiger partial charge in [-0.15, -0.1) is 0 Å². The highest BCUT2D eigenvalue weighted by atomic mass is 15.3. The molecule has 0 aliphatic rings. The summed E-state index contributed by atoms with van der Waals surface area (Å²) in [5.74, 6) is 0. The van der Waals surface area contributed by atoms with Gasteiger partial charge in [-0.1, -0.05) is 12.1 Å². The van der Waals surface area contributed by atoms with Crippen LogP contribution in [0.15, 0.2) is 36.7 Å². The maximum Gasteiger partial charge on any atom is 0.0735 e. The van der Waals surface area contributed by atoms with Crippen molar-refractivity contribution in [2.75, 3.05) is 0 Å². The summed E-state index contributed by atoms with van der Waals surface area (Å²) < 4.78 is 1.78. The molecule has 2 heteroatoms. The number of rotatable bonds is 1. The van der Waals surface area contributed by atoms with Crippen LogP contribution in [0.4, 0.5) is 0 Å². The summed E-state index contributed by atoms with van der Waals surface area (Å²) in [6, 6.07) is 13.2. The van der Waals surface area contributed by atoms with Gasteiger partial charge in [0.05, 0.1) is 5.69 Å². The number of aromatic nitrogens is 2. The lowest BCUT2D eigenvalue weighted by Gasteiger charge is -1.95. The van der Waals surface area contributed by atoms with E-state index < -0.39 is 0 Å². The molecular weight excluding hydrogens is 136 g/mol. The van der Waals surface area contributed by atoms with Crippen LogP contribution in [-0.2, 0) is 0 Å². The van der Waals surface area contributed by atoms with Gasteiger partial charge < -0.3 is 0 Å². The van der Waals surface area contributed by atoms with Crippen molar-refractivity contribution in [3.63, 3.8) is 0 Å². The van der Waals surface area contributed by atoms with Crippen LogP contribution < -0.4 is 0 Å². The van der Waals surface area contributed by atoms with E-state index in [1.165, 1.54) is 0 Å². The molecule has 0 amide bonds. The van der Waals surface area contributed by atoms with Crippen molar-refractivity contribution in [2.24, 2.45) is 0 Å². The van der Waals surface area contributed by atoms with Crippen LogP contribution >= 0.6 is 0 Å². The average Bonchev–Trinajstić information content (AvgIpc) is 2.58. The minimum atomic E-state index is 1.01. The van der Waals surface area contributed by atoms with Crippen molar-refractivity contribution in [2.45, 2.75) is 0 Å². The molecule has 1 aromatic carbocycles. The Morgan fingerprint density at radius 1 is 1.36 bits per heavy atom. The molecule has 52 valence electrons. The first-order valence-corrected chi connectivity index (χ1v) is 3.34. The number of nitrogens with zero attached hydrogens (tertiary/aromatic N) is 2. The van der Waals surface area contributed by atoms with E-state index in [9.17, 15) is 0 Å². The Balaban J connectivity index is 2.46. The second kappa shape index (κ2) is 2.47. The Bertz CT molecular complexity index is 311. The molecule has 0 saturated heterocycles. The van der Waals surface area contributed by atoms with Crippen LogP contribution in [0.2, 0.25) is 0 Å². The fourth-order valence-corrected chi connectivity index (χ4v) is 0.903. The summed E-state index contributed by atoms with van der Waals surface area (Å²) >= 11 is 0. The van der Waals surface area contributed by atoms with Crippen LogP contribution in [0.5, 0.6) is 0 Å². The maximum absolute atomic E-state index is 4.07. The second-order valence-electron chi connectivity index (χ2n) is 2.14. The van der Waals surface area contributed by atoms with Gasteiger partial charge in [0.25, 0.3) is 0 Å². The molecule has 1 aromatic heterocycles. The summed E-state index contributed by atoms with van der Waals surface area (Å²) in [5.41, 5.74) is 1.01. The van der Waals surface area contributed by atoms with Gasteiger partial charge in [0, 0.05) is 18.5 Å². The Kier molecular flexibility index (Phi) is 1.35. The second-order valence-corrected chi connectivity index (χ2v) is 2.14. The fraction of sp³-hybridized carbons (Fsp3) is 0. The molecule has 0 unspecified atom stereocenters. The Morgan fingerprint density at radius 2 is 2.36 bits per heavy atom. The lowest BCUT2D eigenvalue weighted by molar-refractivity contribution is 0.881. The molecule has 0 N–H and O–H groups in total. The summed E-state index contributed by atoms with van der Waals surface area (Å²) in [6.07, 6.45) is 3.64. The molecule has 0 aliphatic heterocycles. The molecule has 0 bridgehead atoms. The quantitative estimate of drug-likeness (QED) is 0.589. The third-order valence-electron chi connectivity index (χ3n) is 1.41. The average molecular weight is 142 g/mol. The normalized spacial score (nSPS) is 9.09. The zero-order valence-corrected chi connectivity index (χ0v) is 5.86. The van der Waals surface area contributed by atoms with Crippen molar-refractivity contribution in [3.05, 3.63) is 48.8 Å². The summed E-state index contributed by atoms with van der Waals surface area (Å²) in [7, 11) is 0. The molecule has 11 heavy (non-hydrogen) atoms. The van der Waals surface area contributed by atoms with Crippen LogP contribution in [0.1, 0.15) is 0 Å². The Labute approximate surface area is 65.1 Å². The van der Waals surface area contributed by atoms with Crippen LogP contribution in [0.3, 0.4) is 0 Å². The first kappa shape index (κ1) is 5.99. The maximum atomic E-state index is 4.07. The first-order valence-electron chi connectivity index (χ1n) is 3.34. The van der Waals surface area contributed by atoms with Crippen LogP contribution in [0.25, 0.3) is 5.69 Å².